The van der Waals surface area contributed by atoms with Crippen molar-refractivity contribution in [3.8, 4) is 28.3 Å². The summed E-state index contributed by atoms with van der Waals surface area (Å²) in [5, 5.41) is 0.561. The fourth-order valence-corrected chi connectivity index (χ4v) is 5.44. The molecular weight excluding hydrogens is 528 g/mol. The number of aromatic nitrogens is 3. The Hall–Kier alpha value is -4.70. The molecule has 0 amide bonds. The third-order valence-corrected chi connectivity index (χ3v) is 7.53. The molecule has 3 aromatic carbocycles. The van der Waals surface area contributed by atoms with E-state index in [9.17, 15) is 13.2 Å². The molecule has 0 fully saturated rings. The first-order valence-electron chi connectivity index (χ1n) is 12.6. The van der Waals surface area contributed by atoms with E-state index in [0.29, 0.717) is 28.0 Å². The number of ether oxygens (including phenoxy) is 2. The van der Waals surface area contributed by atoms with Crippen LogP contribution in [0, 0.1) is 6.92 Å². The summed E-state index contributed by atoms with van der Waals surface area (Å²) >= 11 is 0. The van der Waals surface area contributed by atoms with Crippen molar-refractivity contribution in [3.63, 3.8) is 0 Å². The smallest absolute Gasteiger partial charge is 0.263 e. The van der Waals surface area contributed by atoms with Crippen LogP contribution in [0.3, 0.4) is 0 Å². The minimum atomic E-state index is -3.93. The van der Waals surface area contributed by atoms with Crippen LogP contribution in [0.4, 0.5) is 5.82 Å². The second-order valence-corrected chi connectivity index (χ2v) is 11.1. The van der Waals surface area contributed by atoms with Crippen LogP contribution in [-0.2, 0) is 10.0 Å². The number of nitrogens with zero attached hydrogens (tertiary/aromatic N) is 3. The molecule has 0 spiro atoms. The number of rotatable bonds is 8. The van der Waals surface area contributed by atoms with Gasteiger partial charge in [-0.3, -0.25) is 14.1 Å². The lowest BCUT2D eigenvalue weighted by atomic mass is 10.0. The lowest BCUT2D eigenvalue weighted by molar-refractivity contribution is 0.242. The standard InChI is InChI=1S/C30H28N4O5S/c1-19(2)39-24-7-5-6-21(15-24)22-8-11-27(28(17-22)38-4)34-26-12-10-25(16-23(26)9-13-30(34)35)40(36,37)33-29-14-20(3)31-18-32-29/h5-19H,1-4H3,(H,31,32,33). The molecule has 9 nitrogen and oxygen atoms in total. The first kappa shape index (κ1) is 26.9. The van der Waals surface area contributed by atoms with Gasteiger partial charge in [-0.2, -0.15) is 0 Å². The van der Waals surface area contributed by atoms with Crippen LogP contribution in [0.5, 0.6) is 11.5 Å². The minimum Gasteiger partial charge on any atom is -0.495 e. The highest BCUT2D eigenvalue weighted by molar-refractivity contribution is 7.92. The van der Waals surface area contributed by atoms with E-state index in [0.717, 1.165) is 16.9 Å². The molecule has 10 heteroatoms. The van der Waals surface area contributed by atoms with Gasteiger partial charge in [0.1, 0.15) is 23.6 Å². The summed E-state index contributed by atoms with van der Waals surface area (Å²) in [6.07, 6.45) is 1.34. The summed E-state index contributed by atoms with van der Waals surface area (Å²) in [6, 6.07) is 22.5. The zero-order valence-electron chi connectivity index (χ0n) is 22.5. The number of sulfonamides is 1. The molecule has 0 unspecified atom stereocenters. The van der Waals surface area contributed by atoms with Gasteiger partial charge in [0.25, 0.3) is 15.6 Å². The Morgan fingerprint density at radius 1 is 0.900 bits per heavy atom. The van der Waals surface area contributed by atoms with E-state index in [4.69, 9.17) is 9.47 Å². The fourth-order valence-electron chi connectivity index (χ4n) is 4.41. The van der Waals surface area contributed by atoms with Crippen molar-refractivity contribution < 1.29 is 17.9 Å². The molecule has 5 rings (SSSR count). The Kier molecular flexibility index (Phi) is 7.27. The van der Waals surface area contributed by atoms with Crippen LogP contribution in [0.2, 0.25) is 0 Å². The van der Waals surface area contributed by atoms with Gasteiger partial charge in [0.15, 0.2) is 0 Å². The monoisotopic (exact) mass is 556 g/mol. The van der Waals surface area contributed by atoms with Gasteiger partial charge in [-0.1, -0.05) is 18.2 Å². The van der Waals surface area contributed by atoms with Crippen molar-refractivity contribution >= 4 is 26.7 Å². The number of methoxy groups -OCH3 is 1. The van der Waals surface area contributed by atoms with Crippen molar-refractivity contribution in [2.75, 3.05) is 11.8 Å². The first-order valence-corrected chi connectivity index (χ1v) is 14.1. The fraction of sp³-hybridized carbons (Fsp3) is 0.167. The number of benzene rings is 3. The van der Waals surface area contributed by atoms with E-state index >= 15 is 0 Å². The van der Waals surface area contributed by atoms with Gasteiger partial charge in [0, 0.05) is 23.2 Å². The van der Waals surface area contributed by atoms with Crippen molar-refractivity contribution in [1.29, 1.82) is 0 Å². The molecule has 5 aromatic rings. The van der Waals surface area contributed by atoms with Gasteiger partial charge in [-0.25, -0.2) is 18.4 Å². The minimum absolute atomic E-state index is 0.0345. The molecule has 0 bridgehead atoms. The second kappa shape index (κ2) is 10.8. The Morgan fingerprint density at radius 3 is 2.45 bits per heavy atom. The van der Waals surface area contributed by atoms with Crippen LogP contribution >= 0.6 is 0 Å². The SMILES string of the molecule is COc1cc(-c2cccc(OC(C)C)c2)ccc1-n1c(=O)ccc2cc(S(=O)(=O)Nc3cc(C)ncn3)ccc21. The number of hydrogen-bond acceptors (Lipinski definition) is 7. The van der Waals surface area contributed by atoms with Crippen molar-refractivity contribution in [3.05, 3.63) is 101 Å². The highest BCUT2D eigenvalue weighted by Crippen LogP contribution is 2.32. The van der Waals surface area contributed by atoms with Gasteiger partial charge in [-0.05, 0) is 80.4 Å². The number of hydrogen-bond donors (Lipinski definition) is 1. The zero-order chi connectivity index (χ0) is 28.4. The summed E-state index contributed by atoms with van der Waals surface area (Å²) in [5.74, 6) is 1.42. The second-order valence-electron chi connectivity index (χ2n) is 9.46. The third-order valence-electron chi connectivity index (χ3n) is 6.18. The van der Waals surface area contributed by atoms with Gasteiger partial charge < -0.3 is 9.47 Å². The van der Waals surface area contributed by atoms with E-state index in [-0.39, 0.29) is 22.4 Å². The van der Waals surface area contributed by atoms with Crippen LogP contribution in [0.15, 0.2) is 94.9 Å². The maximum atomic E-state index is 13.1. The maximum absolute atomic E-state index is 13.1. The normalized spacial score (nSPS) is 11.5. The lowest BCUT2D eigenvalue weighted by Crippen LogP contribution is -2.19. The molecule has 0 saturated carbocycles. The van der Waals surface area contributed by atoms with Crippen LogP contribution < -0.4 is 19.8 Å². The number of nitrogens with one attached hydrogen (secondary N) is 1. The molecule has 0 atom stereocenters. The van der Waals surface area contributed by atoms with E-state index in [1.54, 1.807) is 32.2 Å². The lowest BCUT2D eigenvalue weighted by Gasteiger charge is -2.16. The Morgan fingerprint density at radius 2 is 1.70 bits per heavy atom. The van der Waals surface area contributed by atoms with Crippen molar-refractivity contribution in [2.24, 2.45) is 0 Å². The van der Waals surface area contributed by atoms with Gasteiger partial charge in [0.05, 0.1) is 29.3 Å². The average Bonchev–Trinajstić information content (AvgIpc) is 2.92. The van der Waals surface area contributed by atoms with E-state index in [2.05, 4.69) is 14.7 Å². The number of anilines is 1. The van der Waals surface area contributed by atoms with Crippen LogP contribution in [0.25, 0.3) is 27.7 Å². The molecule has 0 aliphatic heterocycles. The van der Waals surface area contributed by atoms with Gasteiger partial charge in [-0.15, -0.1) is 0 Å². The molecular formula is C30H28N4O5S. The van der Waals surface area contributed by atoms with Crippen LogP contribution in [0.1, 0.15) is 19.5 Å². The number of fused-ring (bicyclic) bond motifs is 1. The predicted octanol–water partition coefficient (Wildman–Crippen LogP) is 5.35. The Balaban J connectivity index is 1.55. The maximum Gasteiger partial charge on any atom is 0.263 e. The summed E-state index contributed by atoms with van der Waals surface area (Å²) in [6.45, 7) is 5.69. The molecule has 0 aliphatic carbocycles. The van der Waals surface area contributed by atoms with Crippen molar-refractivity contribution in [1.82, 2.24) is 14.5 Å². The molecule has 0 saturated heterocycles. The Labute approximate surface area is 232 Å². The third kappa shape index (κ3) is 5.52. The quantitative estimate of drug-likeness (QED) is 0.274. The highest BCUT2D eigenvalue weighted by atomic mass is 32.2. The topological polar surface area (TPSA) is 112 Å². The molecule has 2 heterocycles. The van der Waals surface area contributed by atoms with E-state index in [1.165, 1.54) is 29.1 Å². The molecule has 0 aliphatic rings. The average molecular weight is 557 g/mol. The molecule has 204 valence electrons. The summed E-state index contributed by atoms with van der Waals surface area (Å²) in [4.78, 5) is 21.1. The molecule has 1 N–H and O–H groups in total. The molecule has 0 radical (unpaired) electrons. The Bertz CT molecular complexity index is 1880. The molecule has 2 aromatic heterocycles. The van der Waals surface area contributed by atoms with Gasteiger partial charge in [0.2, 0.25) is 0 Å². The summed E-state index contributed by atoms with van der Waals surface area (Å²) in [5.41, 5.74) is 3.24. The number of pyridine rings is 1. The zero-order valence-corrected chi connectivity index (χ0v) is 23.3. The van der Waals surface area contributed by atoms with E-state index in [1.807, 2.05) is 56.3 Å². The highest BCUT2D eigenvalue weighted by Gasteiger charge is 2.18. The predicted molar refractivity (Wildman–Crippen MR) is 155 cm³/mol. The summed E-state index contributed by atoms with van der Waals surface area (Å²) in [7, 11) is -2.39. The van der Waals surface area contributed by atoms with Gasteiger partial charge >= 0.3 is 0 Å². The van der Waals surface area contributed by atoms with Crippen LogP contribution in [-0.4, -0.2) is 36.2 Å². The van der Waals surface area contributed by atoms with Crippen molar-refractivity contribution in [2.45, 2.75) is 31.8 Å². The molecule has 40 heavy (non-hydrogen) atoms. The summed E-state index contributed by atoms with van der Waals surface area (Å²) < 4.78 is 41.7. The largest absolute Gasteiger partial charge is 0.495 e. The first-order chi connectivity index (χ1) is 19.1. The number of aryl methyl sites for hydroxylation is 1. The van der Waals surface area contributed by atoms with E-state index < -0.39 is 10.0 Å².